The minimum absolute atomic E-state index is 0.123. The van der Waals surface area contributed by atoms with Crippen LogP contribution >= 0.6 is 0 Å². The van der Waals surface area contributed by atoms with E-state index in [9.17, 15) is 9.59 Å². The molecule has 27 heavy (non-hydrogen) atoms. The lowest BCUT2D eigenvalue weighted by Gasteiger charge is -2.17. The Hall–Kier alpha value is -3.47. The Morgan fingerprint density at radius 3 is 2.33 bits per heavy atom. The number of carbonyl (C=O) groups excluding carboxylic acids is 2. The van der Waals surface area contributed by atoms with Gasteiger partial charge in [-0.25, -0.2) is 0 Å². The summed E-state index contributed by atoms with van der Waals surface area (Å²) in [7, 11) is 1.76. The first-order valence-electron chi connectivity index (χ1n) is 8.70. The highest BCUT2D eigenvalue weighted by Gasteiger charge is 2.14. The first kappa shape index (κ1) is 18.3. The van der Waals surface area contributed by atoms with Crippen LogP contribution in [0.5, 0.6) is 0 Å². The van der Waals surface area contributed by atoms with Crippen molar-refractivity contribution in [1.82, 2.24) is 15.2 Å². The van der Waals surface area contributed by atoms with Gasteiger partial charge >= 0.3 is 0 Å². The summed E-state index contributed by atoms with van der Waals surface area (Å²) < 4.78 is 0. The van der Waals surface area contributed by atoms with Crippen molar-refractivity contribution >= 4 is 11.8 Å². The number of carbonyl (C=O) groups is 2. The van der Waals surface area contributed by atoms with Crippen molar-refractivity contribution in [2.45, 2.75) is 13.1 Å². The molecule has 1 heterocycles. The Morgan fingerprint density at radius 2 is 1.59 bits per heavy atom. The first-order chi connectivity index (χ1) is 13.1. The standard InChI is InChI=1S/C22H21N3O2/c1-25(16-18-6-3-2-4-7-18)22(27)20-9-5-8-19(14-20)21(26)24-15-17-10-12-23-13-11-17/h2-14H,15-16H2,1H3,(H,24,26). The minimum atomic E-state index is -0.216. The van der Waals surface area contributed by atoms with Gasteiger partial charge in [-0.3, -0.25) is 14.6 Å². The van der Waals surface area contributed by atoms with E-state index >= 15 is 0 Å². The van der Waals surface area contributed by atoms with E-state index in [-0.39, 0.29) is 11.8 Å². The molecule has 0 radical (unpaired) electrons. The van der Waals surface area contributed by atoms with E-state index in [1.807, 2.05) is 42.5 Å². The van der Waals surface area contributed by atoms with Crippen LogP contribution in [0, 0.1) is 0 Å². The van der Waals surface area contributed by atoms with Crippen LogP contribution in [0.2, 0.25) is 0 Å². The highest BCUT2D eigenvalue weighted by atomic mass is 16.2. The van der Waals surface area contributed by atoms with Gasteiger partial charge < -0.3 is 10.2 Å². The number of pyridine rings is 1. The maximum Gasteiger partial charge on any atom is 0.253 e. The highest BCUT2D eigenvalue weighted by Crippen LogP contribution is 2.11. The number of aromatic nitrogens is 1. The second-order valence-corrected chi connectivity index (χ2v) is 6.27. The maximum atomic E-state index is 12.7. The van der Waals surface area contributed by atoms with Gasteiger partial charge in [0.15, 0.2) is 0 Å². The third kappa shape index (κ3) is 5.01. The Balaban J connectivity index is 1.65. The van der Waals surface area contributed by atoms with Gasteiger partial charge in [-0.1, -0.05) is 36.4 Å². The van der Waals surface area contributed by atoms with Crippen LogP contribution in [-0.4, -0.2) is 28.7 Å². The number of hydrogen-bond donors (Lipinski definition) is 1. The van der Waals surface area contributed by atoms with Gasteiger partial charge in [-0.15, -0.1) is 0 Å². The molecule has 1 aromatic heterocycles. The fourth-order valence-electron chi connectivity index (χ4n) is 2.73. The van der Waals surface area contributed by atoms with Crippen LogP contribution in [0.25, 0.3) is 0 Å². The van der Waals surface area contributed by atoms with Gasteiger partial charge in [0.25, 0.3) is 11.8 Å². The molecular weight excluding hydrogens is 338 g/mol. The molecule has 0 bridgehead atoms. The molecule has 3 rings (SSSR count). The van der Waals surface area contributed by atoms with E-state index in [4.69, 9.17) is 0 Å². The zero-order valence-electron chi connectivity index (χ0n) is 15.1. The van der Waals surface area contributed by atoms with Crippen LogP contribution in [0.3, 0.4) is 0 Å². The molecule has 0 atom stereocenters. The Kier molecular flexibility index (Phi) is 5.94. The summed E-state index contributed by atoms with van der Waals surface area (Å²) >= 11 is 0. The van der Waals surface area contributed by atoms with Gasteiger partial charge in [0.1, 0.15) is 0 Å². The summed E-state index contributed by atoms with van der Waals surface area (Å²) in [4.78, 5) is 30.7. The topological polar surface area (TPSA) is 62.3 Å². The third-order valence-corrected chi connectivity index (χ3v) is 4.18. The predicted molar refractivity (Wildman–Crippen MR) is 104 cm³/mol. The average molecular weight is 359 g/mol. The molecule has 0 spiro atoms. The second kappa shape index (κ2) is 8.76. The first-order valence-corrected chi connectivity index (χ1v) is 8.70. The maximum absolute atomic E-state index is 12.7. The normalized spacial score (nSPS) is 10.3. The Morgan fingerprint density at radius 1 is 0.889 bits per heavy atom. The molecule has 5 heteroatoms. The summed E-state index contributed by atoms with van der Waals surface area (Å²) in [5.74, 6) is -0.338. The molecule has 0 saturated heterocycles. The number of rotatable bonds is 6. The Bertz CT molecular complexity index is 911. The molecule has 0 aliphatic rings. The van der Waals surface area contributed by atoms with Crippen LogP contribution in [-0.2, 0) is 13.1 Å². The van der Waals surface area contributed by atoms with Gasteiger partial charge in [0.2, 0.25) is 0 Å². The number of nitrogens with one attached hydrogen (secondary N) is 1. The molecule has 0 saturated carbocycles. The van der Waals surface area contributed by atoms with Crippen LogP contribution in [0.15, 0.2) is 79.1 Å². The van der Waals surface area contributed by atoms with Crippen LogP contribution in [0.1, 0.15) is 31.8 Å². The van der Waals surface area contributed by atoms with Crippen molar-refractivity contribution < 1.29 is 9.59 Å². The highest BCUT2D eigenvalue weighted by molar-refractivity contribution is 5.99. The third-order valence-electron chi connectivity index (χ3n) is 4.18. The smallest absolute Gasteiger partial charge is 0.253 e. The second-order valence-electron chi connectivity index (χ2n) is 6.27. The molecule has 0 aliphatic carbocycles. The van der Waals surface area contributed by atoms with Crippen molar-refractivity contribution in [2.24, 2.45) is 0 Å². The molecule has 2 amide bonds. The summed E-state index contributed by atoms with van der Waals surface area (Å²) in [5, 5.41) is 2.86. The van der Waals surface area contributed by atoms with E-state index in [1.54, 1.807) is 48.6 Å². The molecule has 1 N–H and O–H groups in total. The molecule has 5 nitrogen and oxygen atoms in total. The quantitative estimate of drug-likeness (QED) is 0.735. The van der Waals surface area contributed by atoms with Crippen LogP contribution < -0.4 is 5.32 Å². The Labute approximate surface area is 158 Å². The van der Waals surface area contributed by atoms with E-state index in [0.29, 0.717) is 24.2 Å². The zero-order valence-corrected chi connectivity index (χ0v) is 15.1. The lowest BCUT2D eigenvalue weighted by atomic mass is 10.1. The van der Waals surface area contributed by atoms with Crippen molar-refractivity contribution in [3.8, 4) is 0 Å². The van der Waals surface area contributed by atoms with Gasteiger partial charge in [-0.05, 0) is 41.5 Å². The van der Waals surface area contributed by atoms with E-state index in [0.717, 1.165) is 11.1 Å². The van der Waals surface area contributed by atoms with Crippen molar-refractivity contribution in [3.63, 3.8) is 0 Å². The van der Waals surface area contributed by atoms with Crippen molar-refractivity contribution in [2.75, 3.05) is 7.05 Å². The number of benzene rings is 2. The van der Waals surface area contributed by atoms with Gasteiger partial charge in [0, 0.05) is 43.7 Å². The largest absolute Gasteiger partial charge is 0.348 e. The van der Waals surface area contributed by atoms with Gasteiger partial charge in [-0.2, -0.15) is 0 Å². The fraction of sp³-hybridized carbons (Fsp3) is 0.136. The summed E-state index contributed by atoms with van der Waals surface area (Å²) in [6.45, 7) is 0.922. The lowest BCUT2D eigenvalue weighted by Crippen LogP contribution is -2.27. The van der Waals surface area contributed by atoms with E-state index in [2.05, 4.69) is 10.3 Å². The number of amides is 2. The molecule has 2 aromatic carbocycles. The summed E-state index contributed by atoms with van der Waals surface area (Å²) in [6, 6.07) is 20.3. The molecule has 3 aromatic rings. The minimum Gasteiger partial charge on any atom is -0.348 e. The molecule has 0 fully saturated rings. The van der Waals surface area contributed by atoms with Crippen molar-refractivity contribution in [3.05, 3.63) is 101 Å². The fourth-order valence-corrected chi connectivity index (χ4v) is 2.73. The molecular formula is C22H21N3O2. The lowest BCUT2D eigenvalue weighted by molar-refractivity contribution is 0.0785. The van der Waals surface area contributed by atoms with Gasteiger partial charge in [0.05, 0.1) is 0 Å². The van der Waals surface area contributed by atoms with Crippen molar-refractivity contribution in [1.29, 1.82) is 0 Å². The monoisotopic (exact) mass is 359 g/mol. The molecule has 0 unspecified atom stereocenters. The summed E-state index contributed by atoms with van der Waals surface area (Å²) in [6.07, 6.45) is 3.37. The van der Waals surface area contributed by atoms with E-state index < -0.39 is 0 Å². The SMILES string of the molecule is CN(Cc1ccccc1)C(=O)c1cccc(C(=O)NCc2ccncc2)c1. The van der Waals surface area contributed by atoms with Crippen LogP contribution in [0.4, 0.5) is 0 Å². The summed E-state index contributed by atoms with van der Waals surface area (Å²) in [5.41, 5.74) is 2.97. The number of hydrogen-bond acceptors (Lipinski definition) is 3. The zero-order chi connectivity index (χ0) is 19.1. The van der Waals surface area contributed by atoms with E-state index in [1.165, 1.54) is 0 Å². The molecule has 136 valence electrons. The average Bonchev–Trinajstić information content (AvgIpc) is 2.73. The predicted octanol–water partition coefficient (Wildman–Crippen LogP) is 3.28. The number of nitrogens with zero attached hydrogens (tertiary/aromatic N) is 2. The molecule has 0 aliphatic heterocycles.